The van der Waals surface area contributed by atoms with Crippen molar-refractivity contribution in [3.63, 3.8) is 0 Å². The Kier molecular flexibility index (Phi) is 3.94. The summed E-state index contributed by atoms with van der Waals surface area (Å²) in [4.78, 5) is 0. The lowest BCUT2D eigenvalue weighted by Gasteiger charge is -2.07. The molecule has 0 unspecified atom stereocenters. The van der Waals surface area contributed by atoms with E-state index in [1.165, 1.54) is 0 Å². The highest BCUT2D eigenvalue weighted by Gasteiger charge is 2.05. The lowest BCUT2D eigenvalue weighted by atomic mass is 10.0. The molecule has 0 radical (unpaired) electrons. The standard InChI is InChI=1S/C16H14N2O/c1-2-19-15-9-7-14(8-10-15)16(18)13-5-3-12(11-17)4-6-13/h3-10,18H,2H2,1H3. The van der Waals surface area contributed by atoms with Gasteiger partial charge < -0.3 is 4.74 Å². The summed E-state index contributed by atoms with van der Waals surface area (Å²) in [6.07, 6.45) is 0. The first kappa shape index (κ1) is 12.8. The van der Waals surface area contributed by atoms with Gasteiger partial charge in [-0.3, -0.25) is 5.41 Å². The average molecular weight is 250 g/mol. The molecule has 94 valence electrons. The fraction of sp³-hybridized carbons (Fsp3) is 0.125. The van der Waals surface area contributed by atoms with Gasteiger partial charge in [0.15, 0.2) is 0 Å². The van der Waals surface area contributed by atoms with E-state index < -0.39 is 0 Å². The molecule has 0 saturated carbocycles. The van der Waals surface area contributed by atoms with Gasteiger partial charge >= 0.3 is 0 Å². The Morgan fingerprint density at radius 2 is 1.58 bits per heavy atom. The zero-order chi connectivity index (χ0) is 13.7. The molecule has 0 heterocycles. The summed E-state index contributed by atoms with van der Waals surface area (Å²) in [6, 6.07) is 16.5. The van der Waals surface area contributed by atoms with Crippen LogP contribution in [0.2, 0.25) is 0 Å². The minimum absolute atomic E-state index is 0.438. The van der Waals surface area contributed by atoms with E-state index in [0.717, 1.165) is 16.9 Å². The van der Waals surface area contributed by atoms with Crippen molar-refractivity contribution in [3.05, 3.63) is 65.2 Å². The smallest absolute Gasteiger partial charge is 0.119 e. The Hall–Kier alpha value is -2.60. The fourth-order valence-electron chi connectivity index (χ4n) is 1.76. The third-order valence-electron chi connectivity index (χ3n) is 2.76. The van der Waals surface area contributed by atoms with E-state index >= 15 is 0 Å². The molecule has 2 rings (SSSR count). The fourth-order valence-corrected chi connectivity index (χ4v) is 1.76. The average Bonchev–Trinajstić information content (AvgIpc) is 2.48. The number of nitriles is 1. The maximum atomic E-state index is 8.75. The van der Waals surface area contributed by atoms with Crippen molar-refractivity contribution in [2.24, 2.45) is 0 Å². The van der Waals surface area contributed by atoms with E-state index in [4.69, 9.17) is 15.4 Å². The highest BCUT2D eigenvalue weighted by atomic mass is 16.5. The molecule has 2 aromatic rings. The summed E-state index contributed by atoms with van der Waals surface area (Å²) in [6.45, 7) is 2.57. The number of hydrogen-bond acceptors (Lipinski definition) is 3. The number of ether oxygens (including phenoxy) is 1. The highest BCUT2D eigenvalue weighted by Crippen LogP contribution is 2.15. The van der Waals surface area contributed by atoms with E-state index in [-0.39, 0.29) is 0 Å². The van der Waals surface area contributed by atoms with Gasteiger partial charge in [-0.2, -0.15) is 5.26 Å². The van der Waals surface area contributed by atoms with Gasteiger partial charge in [0.2, 0.25) is 0 Å². The monoisotopic (exact) mass is 250 g/mol. The summed E-state index contributed by atoms with van der Waals surface area (Å²) in [5.74, 6) is 0.805. The molecular weight excluding hydrogens is 236 g/mol. The van der Waals surface area contributed by atoms with Gasteiger partial charge in [-0.1, -0.05) is 12.1 Å². The van der Waals surface area contributed by atoms with Crippen LogP contribution in [0, 0.1) is 16.7 Å². The second-order valence-electron chi connectivity index (χ2n) is 4.02. The largest absolute Gasteiger partial charge is 0.494 e. The molecule has 0 fully saturated rings. The zero-order valence-electron chi connectivity index (χ0n) is 10.7. The molecule has 19 heavy (non-hydrogen) atoms. The lowest BCUT2D eigenvalue weighted by Crippen LogP contribution is -2.01. The first-order chi connectivity index (χ1) is 9.24. The molecule has 3 heteroatoms. The lowest BCUT2D eigenvalue weighted by molar-refractivity contribution is 0.340. The van der Waals surface area contributed by atoms with Crippen LogP contribution in [-0.2, 0) is 0 Å². The molecule has 3 nitrogen and oxygen atoms in total. The van der Waals surface area contributed by atoms with Gasteiger partial charge in [0.1, 0.15) is 5.75 Å². The van der Waals surface area contributed by atoms with Crippen molar-refractivity contribution in [3.8, 4) is 11.8 Å². The summed E-state index contributed by atoms with van der Waals surface area (Å²) in [7, 11) is 0. The SMILES string of the molecule is CCOc1ccc(C(=N)c2ccc(C#N)cc2)cc1. The normalized spacial score (nSPS) is 9.68. The van der Waals surface area contributed by atoms with Gasteiger partial charge in [-0.25, -0.2) is 0 Å². The van der Waals surface area contributed by atoms with Crippen molar-refractivity contribution in [1.29, 1.82) is 10.7 Å². The highest BCUT2D eigenvalue weighted by molar-refractivity contribution is 6.10. The molecule has 0 bridgehead atoms. The predicted molar refractivity (Wildman–Crippen MR) is 74.7 cm³/mol. The predicted octanol–water partition coefficient (Wildman–Crippen LogP) is 3.37. The van der Waals surface area contributed by atoms with Crippen LogP contribution in [0.3, 0.4) is 0 Å². The Bertz CT molecular complexity index is 607. The first-order valence-corrected chi connectivity index (χ1v) is 6.07. The molecule has 0 spiro atoms. The van der Waals surface area contributed by atoms with E-state index in [9.17, 15) is 0 Å². The molecule has 0 aliphatic heterocycles. The number of benzene rings is 2. The van der Waals surface area contributed by atoms with Crippen LogP contribution >= 0.6 is 0 Å². The van der Waals surface area contributed by atoms with Gasteiger partial charge in [0.25, 0.3) is 0 Å². The van der Waals surface area contributed by atoms with Crippen LogP contribution < -0.4 is 4.74 Å². The summed E-state index contributed by atoms with van der Waals surface area (Å²) >= 11 is 0. The van der Waals surface area contributed by atoms with Gasteiger partial charge in [0, 0.05) is 11.1 Å². The summed E-state index contributed by atoms with van der Waals surface area (Å²) < 4.78 is 5.37. The van der Waals surface area contributed by atoms with Crippen LogP contribution in [0.25, 0.3) is 0 Å². The van der Waals surface area contributed by atoms with Crippen LogP contribution in [0.4, 0.5) is 0 Å². The van der Waals surface area contributed by atoms with Gasteiger partial charge in [-0.05, 0) is 43.3 Å². The quantitative estimate of drug-likeness (QED) is 0.846. The van der Waals surface area contributed by atoms with Crippen LogP contribution in [0.1, 0.15) is 23.6 Å². The van der Waals surface area contributed by atoms with E-state index in [0.29, 0.717) is 17.9 Å². The maximum absolute atomic E-state index is 8.75. The van der Waals surface area contributed by atoms with Crippen molar-refractivity contribution in [1.82, 2.24) is 0 Å². The van der Waals surface area contributed by atoms with Crippen molar-refractivity contribution >= 4 is 5.71 Å². The minimum Gasteiger partial charge on any atom is -0.494 e. The Morgan fingerprint density at radius 1 is 1.05 bits per heavy atom. The summed E-state index contributed by atoms with van der Waals surface area (Å²) in [5, 5.41) is 16.9. The van der Waals surface area contributed by atoms with Crippen molar-refractivity contribution < 1.29 is 4.74 Å². The van der Waals surface area contributed by atoms with Crippen molar-refractivity contribution in [2.45, 2.75) is 6.92 Å². The zero-order valence-corrected chi connectivity index (χ0v) is 10.7. The number of nitrogens with zero attached hydrogens (tertiary/aromatic N) is 1. The molecule has 0 atom stereocenters. The Morgan fingerprint density at radius 3 is 2.05 bits per heavy atom. The molecule has 0 aliphatic rings. The molecule has 0 amide bonds. The Balaban J connectivity index is 2.20. The minimum atomic E-state index is 0.438. The molecule has 0 aromatic heterocycles. The third-order valence-corrected chi connectivity index (χ3v) is 2.76. The molecule has 0 aliphatic carbocycles. The number of hydrogen-bond donors (Lipinski definition) is 1. The number of nitrogens with one attached hydrogen (secondary N) is 1. The second-order valence-corrected chi connectivity index (χ2v) is 4.02. The third kappa shape index (κ3) is 2.99. The van der Waals surface area contributed by atoms with Crippen molar-refractivity contribution in [2.75, 3.05) is 6.61 Å². The van der Waals surface area contributed by atoms with Crippen LogP contribution in [-0.4, -0.2) is 12.3 Å². The van der Waals surface area contributed by atoms with Gasteiger partial charge in [-0.15, -0.1) is 0 Å². The molecule has 1 N–H and O–H groups in total. The van der Waals surface area contributed by atoms with Gasteiger partial charge in [0.05, 0.1) is 24.0 Å². The van der Waals surface area contributed by atoms with Crippen LogP contribution in [0.15, 0.2) is 48.5 Å². The molecule has 0 saturated heterocycles. The summed E-state index contributed by atoms with van der Waals surface area (Å²) in [5.41, 5.74) is 2.66. The van der Waals surface area contributed by atoms with E-state index in [1.54, 1.807) is 24.3 Å². The topological polar surface area (TPSA) is 56.9 Å². The molecule has 2 aromatic carbocycles. The molecular formula is C16H14N2O. The Labute approximate surface area is 112 Å². The van der Waals surface area contributed by atoms with Crippen LogP contribution in [0.5, 0.6) is 5.75 Å². The van der Waals surface area contributed by atoms with E-state index in [2.05, 4.69) is 6.07 Å². The number of rotatable bonds is 4. The van der Waals surface area contributed by atoms with E-state index in [1.807, 2.05) is 31.2 Å². The first-order valence-electron chi connectivity index (χ1n) is 6.07. The second kappa shape index (κ2) is 5.83. The maximum Gasteiger partial charge on any atom is 0.119 e.